The monoisotopic (exact) mass is 537 g/mol. The maximum Gasteiger partial charge on any atom is 0.244 e. The summed E-state index contributed by atoms with van der Waals surface area (Å²) >= 11 is 0. The zero-order valence-corrected chi connectivity index (χ0v) is 23.3. The van der Waals surface area contributed by atoms with Crippen LogP contribution < -0.4 is 14.4 Å². The Morgan fingerprint density at radius 2 is 1.55 bits per heavy atom. The normalized spacial score (nSPS) is 11.9. The first kappa shape index (κ1) is 28.7. The Morgan fingerprint density at radius 3 is 2.13 bits per heavy atom. The SMILES string of the molecule is CNC(=O)C(Cc1ccccc1)N(Cc1cccc(OC)c1)C(=O)CN(c1cc(C)cc(C)c1)S(C)(=O)=O. The van der Waals surface area contributed by atoms with Crippen LogP contribution >= 0.6 is 0 Å². The Bertz CT molecular complexity index is 1360. The summed E-state index contributed by atoms with van der Waals surface area (Å²) in [6.07, 6.45) is 1.34. The van der Waals surface area contributed by atoms with Crippen LogP contribution in [0.15, 0.2) is 72.8 Å². The lowest BCUT2D eigenvalue weighted by Crippen LogP contribution is -2.52. The van der Waals surface area contributed by atoms with E-state index in [1.807, 2.05) is 56.3 Å². The lowest BCUT2D eigenvalue weighted by molar-refractivity contribution is -0.139. The number of nitrogens with one attached hydrogen (secondary N) is 1. The number of sulfonamides is 1. The lowest BCUT2D eigenvalue weighted by atomic mass is 10.0. The van der Waals surface area contributed by atoms with Crippen LogP contribution in [0.5, 0.6) is 5.75 Å². The highest BCUT2D eigenvalue weighted by molar-refractivity contribution is 7.92. The van der Waals surface area contributed by atoms with Gasteiger partial charge in [0.05, 0.1) is 19.1 Å². The molecule has 1 unspecified atom stereocenters. The molecule has 0 aliphatic heterocycles. The molecule has 3 rings (SSSR count). The smallest absolute Gasteiger partial charge is 0.244 e. The largest absolute Gasteiger partial charge is 0.497 e. The number of ether oxygens (including phenoxy) is 1. The van der Waals surface area contributed by atoms with E-state index in [0.29, 0.717) is 11.4 Å². The van der Waals surface area contributed by atoms with Crippen LogP contribution in [-0.4, -0.2) is 58.1 Å². The van der Waals surface area contributed by atoms with E-state index < -0.39 is 28.5 Å². The third-order valence-electron chi connectivity index (χ3n) is 6.18. The number of likely N-dealkylation sites (N-methyl/N-ethyl adjacent to an activating group) is 1. The lowest BCUT2D eigenvalue weighted by Gasteiger charge is -2.33. The highest BCUT2D eigenvalue weighted by Gasteiger charge is 2.32. The highest BCUT2D eigenvalue weighted by atomic mass is 32.2. The summed E-state index contributed by atoms with van der Waals surface area (Å²) in [4.78, 5) is 28.6. The molecule has 0 spiro atoms. The summed E-state index contributed by atoms with van der Waals surface area (Å²) in [7, 11) is -0.734. The van der Waals surface area contributed by atoms with E-state index in [2.05, 4.69) is 5.32 Å². The van der Waals surface area contributed by atoms with Crippen molar-refractivity contribution in [2.45, 2.75) is 32.9 Å². The van der Waals surface area contributed by atoms with Crippen molar-refractivity contribution >= 4 is 27.5 Å². The average Bonchev–Trinajstić information content (AvgIpc) is 2.88. The van der Waals surface area contributed by atoms with E-state index in [1.165, 1.54) is 11.9 Å². The number of methoxy groups -OCH3 is 1. The van der Waals surface area contributed by atoms with Crippen molar-refractivity contribution in [2.24, 2.45) is 0 Å². The van der Waals surface area contributed by atoms with Gasteiger partial charge in [-0.2, -0.15) is 0 Å². The second-order valence-corrected chi connectivity index (χ2v) is 11.2. The van der Waals surface area contributed by atoms with Gasteiger partial charge in [-0.1, -0.05) is 48.5 Å². The number of carbonyl (C=O) groups is 2. The van der Waals surface area contributed by atoms with Crippen LogP contribution in [0.25, 0.3) is 0 Å². The first-order valence-corrected chi connectivity index (χ1v) is 14.1. The molecular formula is C29H35N3O5S. The second-order valence-electron chi connectivity index (χ2n) is 9.31. The predicted octanol–water partition coefficient (Wildman–Crippen LogP) is 3.46. The minimum Gasteiger partial charge on any atom is -0.497 e. The van der Waals surface area contributed by atoms with E-state index in [4.69, 9.17) is 4.74 Å². The minimum absolute atomic E-state index is 0.0887. The van der Waals surface area contributed by atoms with Crippen LogP contribution in [-0.2, 0) is 32.6 Å². The van der Waals surface area contributed by atoms with E-state index >= 15 is 0 Å². The van der Waals surface area contributed by atoms with Crippen molar-refractivity contribution in [1.82, 2.24) is 10.2 Å². The molecule has 9 heteroatoms. The van der Waals surface area contributed by atoms with Gasteiger partial charge in [0.2, 0.25) is 21.8 Å². The maximum absolute atomic E-state index is 14.0. The molecule has 202 valence electrons. The van der Waals surface area contributed by atoms with Gasteiger partial charge < -0.3 is 15.0 Å². The number of hydrogen-bond acceptors (Lipinski definition) is 5. The number of anilines is 1. The molecule has 0 saturated heterocycles. The van der Waals surface area contributed by atoms with E-state index in [-0.39, 0.29) is 18.9 Å². The summed E-state index contributed by atoms with van der Waals surface area (Å²) in [5, 5.41) is 2.67. The summed E-state index contributed by atoms with van der Waals surface area (Å²) in [6, 6.07) is 21.2. The van der Waals surface area contributed by atoms with Gasteiger partial charge >= 0.3 is 0 Å². The Kier molecular flexibility index (Phi) is 9.52. The zero-order valence-electron chi connectivity index (χ0n) is 22.5. The van der Waals surface area contributed by atoms with Crippen LogP contribution in [0, 0.1) is 13.8 Å². The van der Waals surface area contributed by atoms with Crippen molar-refractivity contribution in [2.75, 3.05) is 31.3 Å². The van der Waals surface area contributed by atoms with Gasteiger partial charge in [0.1, 0.15) is 18.3 Å². The Hall–Kier alpha value is -3.85. The van der Waals surface area contributed by atoms with Crippen molar-refractivity contribution in [1.29, 1.82) is 0 Å². The fourth-order valence-corrected chi connectivity index (χ4v) is 5.23. The number of rotatable bonds is 11. The zero-order chi connectivity index (χ0) is 27.9. The van der Waals surface area contributed by atoms with Gasteiger partial charge in [-0.15, -0.1) is 0 Å². The number of nitrogens with zero attached hydrogens (tertiary/aromatic N) is 2. The number of aryl methyl sites for hydroxylation is 2. The van der Waals surface area contributed by atoms with Crippen molar-refractivity contribution < 1.29 is 22.7 Å². The number of amides is 2. The van der Waals surface area contributed by atoms with E-state index in [0.717, 1.165) is 32.8 Å². The molecule has 3 aromatic rings. The molecule has 0 saturated carbocycles. The van der Waals surface area contributed by atoms with Crippen LogP contribution in [0.3, 0.4) is 0 Å². The van der Waals surface area contributed by atoms with Gasteiger partial charge in [-0.25, -0.2) is 8.42 Å². The van der Waals surface area contributed by atoms with E-state index in [9.17, 15) is 18.0 Å². The van der Waals surface area contributed by atoms with Gasteiger partial charge in [0, 0.05) is 20.0 Å². The minimum atomic E-state index is -3.81. The number of carbonyl (C=O) groups excluding carboxylic acids is 2. The molecule has 0 radical (unpaired) electrons. The molecule has 0 bridgehead atoms. The number of hydrogen-bond donors (Lipinski definition) is 1. The molecular weight excluding hydrogens is 502 g/mol. The quantitative estimate of drug-likeness (QED) is 0.404. The molecule has 38 heavy (non-hydrogen) atoms. The molecule has 0 fully saturated rings. The molecule has 0 heterocycles. The van der Waals surface area contributed by atoms with Crippen LogP contribution in [0.4, 0.5) is 5.69 Å². The molecule has 1 N–H and O–H groups in total. The molecule has 1 atom stereocenters. The standard InChI is InChI=1S/C29H35N3O5S/c1-21-14-22(2)16-25(15-21)32(38(5,35)36)20-28(33)31(19-24-12-9-13-26(17-24)37-4)27(29(34)30-3)18-23-10-7-6-8-11-23/h6-17,27H,18-20H2,1-5H3,(H,30,34). The Morgan fingerprint density at radius 1 is 0.921 bits per heavy atom. The fourth-order valence-electron chi connectivity index (χ4n) is 4.40. The van der Waals surface area contributed by atoms with Crippen molar-refractivity contribution in [3.8, 4) is 5.75 Å². The highest BCUT2D eigenvalue weighted by Crippen LogP contribution is 2.23. The van der Waals surface area contributed by atoms with E-state index in [1.54, 1.807) is 37.4 Å². The molecule has 0 aliphatic rings. The predicted molar refractivity (Wildman–Crippen MR) is 150 cm³/mol. The fraction of sp³-hybridized carbons (Fsp3) is 0.310. The summed E-state index contributed by atoms with van der Waals surface area (Å²) < 4.78 is 32.2. The average molecular weight is 538 g/mol. The van der Waals surface area contributed by atoms with Crippen molar-refractivity contribution in [3.05, 3.63) is 95.1 Å². The number of benzene rings is 3. The third kappa shape index (κ3) is 7.58. The van der Waals surface area contributed by atoms with Gasteiger partial charge in [-0.3, -0.25) is 13.9 Å². The maximum atomic E-state index is 14.0. The Balaban J connectivity index is 2.05. The molecule has 0 aromatic heterocycles. The first-order valence-electron chi connectivity index (χ1n) is 12.3. The summed E-state index contributed by atoms with van der Waals surface area (Å²) in [5.41, 5.74) is 3.78. The van der Waals surface area contributed by atoms with Gasteiger partial charge in [0.25, 0.3) is 0 Å². The second kappa shape index (κ2) is 12.6. The first-order chi connectivity index (χ1) is 18.0. The van der Waals surface area contributed by atoms with Gasteiger partial charge in [-0.05, 0) is 60.4 Å². The molecule has 0 aliphatic carbocycles. The summed E-state index contributed by atoms with van der Waals surface area (Å²) in [5.74, 6) is -0.230. The van der Waals surface area contributed by atoms with Crippen molar-refractivity contribution in [3.63, 3.8) is 0 Å². The summed E-state index contributed by atoms with van der Waals surface area (Å²) in [6.45, 7) is 3.38. The molecule has 8 nitrogen and oxygen atoms in total. The molecule has 2 amide bonds. The third-order valence-corrected chi connectivity index (χ3v) is 7.32. The van der Waals surface area contributed by atoms with Crippen LogP contribution in [0.2, 0.25) is 0 Å². The topological polar surface area (TPSA) is 96.0 Å². The molecule has 3 aromatic carbocycles. The van der Waals surface area contributed by atoms with Crippen LogP contribution in [0.1, 0.15) is 22.3 Å². The van der Waals surface area contributed by atoms with Gasteiger partial charge in [0.15, 0.2) is 0 Å². The Labute approximate surface area is 225 Å².